The summed E-state index contributed by atoms with van der Waals surface area (Å²) < 4.78 is 1.85. The summed E-state index contributed by atoms with van der Waals surface area (Å²) in [5.74, 6) is -0.276. The van der Waals surface area contributed by atoms with Gasteiger partial charge in [0.1, 0.15) is 0 Å². The van der Waals surface area contributed by atoms with Gasteiger partial charge in [0.05, 0.1) is 17.5 Å². The van der Waals surface area contributed by atoms with E-state index in [1.54, 1.807) is 18.3 Å². The van der Waals surface area contributed by atoms with Gasteiger partial charge in [-0.3, -0.25) is 9.59 Å². The van der Waals surface area contributed by atoms with E-state index in [1.807, 2.05) is 44.5 Å². The SMILES string of the molecule is Cc1cc(C(=O)NC2CCCCC2)ccc1NC(=O)c1cc2cnn(C(C)C)c2nc1C. The Morgan fingerprint density at radius 2 is 1.81 bits per heavy atom. The number of aromatic nitrogens is 3. The monoisotopic (exact) mass is 433 g/mol. The van der Waals surface area contributed by atoms with Crippen molar-refractivity contribution in [3.8, 4) is 0 Å². The van der Waals surface area contributed by atoms with Gasteiger partial charge in [-0.2, -0.15) is 5.10 Å². The van der Waals surface area contributed by atoms with Gasteiger partial charge in [-0.1, -0.05) is 19.3 Å². The molecule has 1 saturated carbocycles. The predicted molar refractivity (Wildman–Crippen MR) is 126 cm³/mol. The first-order valence-corrected chi connectivity index (χ1v) is 11.4. The fourth-order valence-electron chi connectivity index (χ4n) is 4.32. The minimum atomic E-state index is -0.225. The summed E-state index contributed by atoms with van der Waals surface area (Å²) >= 11 is 0. The zero-order valence-electron chi connectivity index (χ0n) is 19.2. The van der Waals surface area contributed by atoms with Crippen LogP contribution in [0.4, 0.5) is 5.69 Å². The number of nitrogens with one attached hydrogen (secondary N) is 2. The summed E-state index contributed by atoms with van der Waals surface area (Å²) in [6.45, 7) is 7.82. The second-order valence-electron chi connectivity index (χ2n) is 9.01. The average molecular weight is 434 g/mol. The lowest BCUT2D eigenvalue weighted by Crippen LogP contribution is -2.36. The van der Waals surface area contributed by atoms with Crippen LogP contribution in [0.25, 0.3) is 11.0 Å². The molecule has 0 bridgehead atoms. The van der Waals surface area contributed by atoms with Crippen LogP contribution in [0.1, 0.15) is 84.0 Å². The van der Waals surface area contributed by atoms with Crippen LogP contribution in [0.3, 0.4) is 0 Å². The van der Waals surface area contributed by atoms with E-state index in [0.29, 0.717) is 22.5 Å². The Bertz CT molecular complexity index is 1160. The molecule has 1 fully saturated rings. The van der Waals surface area contributed by atoms with E-state index in [-0.39, 0.29) is 23.9 Å². The highest BCUT2D eigenvalue weighted by molar-refractivity contribution is 6.07. The molecule has 2 N–H and O–H groups in total. The molecule has 0 saturated heterocycles. The highest BCUT2D eigenvalue weighted by Gasteiger charge is 2.19. The van der Waals surface area contributed by atoms with Gasteiger partial charge in [0.25, 0.3) is 11.8 Å². The number of nitrogens with zero attached hydrogens (tertiary/aromatic N) is 3. The van der Waals surface area contributed by atoms with Crippen molar-refractivity contribution in [1.82, 2.24) is 20.1 Å². The fraction of sp³-hybridized carbons (Fsp3) is 0.440. The van der Waals surface area contributed by atoms with E-state index >= 15 is 0 Å². The Morgan fingerprint density at radius 3 is 2.50 bits per heavy atom. The van der Waals surface area contributed by atoms with Crippen molar-refractivity contribution in [2.45, 2.75) is 71.9 Å². The molecular weight excluding hydrogens is 402 g/mol. The van der Waals surface area contributed by atoms with Gasteiger partial charge in [0, 0.05) is 28.7 Å². The van der Waals surface area contributed by atoms with Gasteiger partial charge < -0.3 is 10.6 Å². The van der Waals surface area contributed by atoms with Gasteiger partial charge in [-0.05, 0) is 70.4 Å². The van der Waals surface area contributed by atoms with Crippen molar-refractivity contribution in [2.75, 3.05) is 5.32 Å². The number of aryl methyl sites for hydroxylation is 2. The van der Waals surface area contributed by atoms with Crippen LogP contribution in [-0.4, -0.2) is 32.6 Å². The first kappa shape index (κ1) is 22.0. The van der Waals surface area contributed by atoms with Crippen molar-refractivity contribution in [3.63, 3.8) is 0 Å². The summed E-state index contributed by atoms with van der Waals surface area (Å²) in [5.41, 5.74) is 4.08. The molecule has 0 aliphatic heterocycles. The standard InChI is InChI=1S/C25H31N5O2/c1-15(2)30-23-19(14-26-30)13-21(17(4)27-23)25(32)29-22-11-10-18(12-16(22)3)24(31)28-20-8-6-5-7-9-20/h10-15,20H,5-9H2,1-4H3,(H,28,31)(H,29,32). The predicted octanol–water partition coefficient (Wildman–Crippen LogP) is 4.94. The lowest BCUT2D eigenvalue weighted by molar-refractivity contribution is 0.0927. The lowest BCUT2D eigenvalue weighted by atomic mass is 9.95. The topological polar surface area (TPSA) is 88.9 Å². The minimum Gasteiger partial charge on any atom is -0.349 e. The second kappa shape index (κ2) is 9.10. The second-order valence-corrected chi connectivity index (χ2v) is 9.01. The molecule has 4 rings (SSSR count). The van der Waals surface area contributed by atoms with Crippen molar-refractivity contribution in [2.24, 2.45) is 0 Å². The number of pyridine rings is 1. The quantitative estimate of drug-likeness (QED) is 0.596. The van der Waals surface area contributed by atoms with E-state index in [9.17, 15) is 9.59 Å². The Kier molecular flexibility index (Phi) is 6.26. The van der Waals surface area contributed by atoms with E-state index in [1.165, 1.54) is 19.3 Å². The van der Waals surface area contributed by atoms with Crippen molar-refractivity contribution in [3.05, 3.63) is 52.8 Å². The number of amides is 2. The van der Waals surface area contributed by atoms with E-state index < -0.39 is 0 Å². The molecule has 2 heterocycles. The largest absolute Gasteiger partial charge is 0.349 e. The Balaban J connectivity index is 1.49. The third-order valence-corrected chi connectivity index (χ3v) is 6.17. The van der Waals surface area contributed by atoms with E-state index in [2.05, 4.69) is 20.7 Å². The maximum absolute atomic E-state index is 13.0. The van der Waals surface area contributed by atoms with Crippen LogP contribution in [0.5, 0.6) is 0 Å². The van der Waals surface area contributed by atoms with Crippen LogP contribution >= 0.6 is 0 Å². The van der Waals surface area contributed by atoms with E-state index in [0.717, 1.165) is 29.4 Å². The molecule has 0 radical (unpaired) electrons. The maximum Gasteiger partial charge on any atom is 0.257 e. The Hall–Kier alpha value is -3.22. The molecule has 1 aliphatic carbocycles. The molecule has 0 unspecified atom stereocenters. The van der Waals surface area contributed by atoms with Gasteiger partial charge in [-0.15, -0.1) is 0 Å². The fourth-order valence-corrected chi connectivity index (χ4v) is 4.32. The molecule has 7 heteroatoms. The van der Waals surface area contributed by atoms with Crippen LogP contribution in [0, 0.1) is 13.8 Å². The summed E-state index contributed by atoms with van der Waals surface area (Å²) in [4.78, 5) is 30.2. The first-order valence-electron chi connectivity index (χ1n) is 11.4. The van der Waals surface area contributed by atoms with Gasteiger partial charge in [0.2, 0.25) is 0 Å². The zero-order chi connectivity index (χ0) is 22.8. The normalized spacial score (nSPS) is 14.7. The van der Waals surface area contributed by atoms with Crippen molar-refractivity contribution in [1.29, 1.82) is 0 Å². The van der Waals surface area contributed by atoms with Gasteiger partial charge >= 0.3 is 0 Å². The van der Waals surface area contributed by atoms with Gasteiger partial charge in [0.15, 0.2) is 5.65 Å². The number of fused-ring (bicyclic) bond motifs is 1. The third-order valence-electron chi connectivity index (χ3n) is 6.17. The molecule has 1 aromatic carbocycles. The summed E-state index contributed by atoms with van der Waals surface area (Å²) in [6.07, 6.45) is 7.44. The molecule has 0 atom stereocenters. The molecule has 1 aliphatic rings. The first-order chi connectivity index (χ1) is 15.3. The number of hydrogen-bond donors (Lipinski definition) is 2. The molecule has 168 valence electrons. The van der Waals surface area contributed by atoms with Crippen LogP contribution in [0.2, 0.25) is 0 Å². The molecule has 2 aromatic heterocycles. The lowest BCUT2D eigenvalue weighted by Gasteiger charge is -2.23. The Morgan fingerprint density at radius 1 is 1.06 bits per heavy atom. The molecular formula is C25H31N5O2. The molecule has 0 spiro atoms. The molecule has 3 aromatic rings. The van der Waals surface area contributed by atoms with Crippen molar-refractivity contribution < 1.29 is 9.59 Å². The maximum atomic E-state index is 13.0. The highest BCUT2D eigenvalue weighted by Crippen LogP contribution is 2.23. The average Bonchev–Trinajstić information content (AvgIpc) is 3.18. The summed E-state index contributed by atoms with van der Waals surface area (Å²) in [5, 5.41) is 11.3. The van der Waals surface area contributed by atoms with E-state index in [4.69, 9.17) is 0 Å². The number of anilines is 1. The molecule has 2 amide bonds. The smallest absolute Gasteiger partial charge is 0.257 e. The summed E-state index contributed by atoms with van der Waals surface area (Å²) in [7, 11) is 0. The number of rotatable bonds is 5. The van der Waals surface area contributed by atoms with Crippen LogP contribution < -0.4 is 10.6 Å². The Labute approximate surface area is 188 Å². The van der Waals surface area contributed by atoms with Crippen molar-refractivity contribution >= 4 is 28.5 Å². The third kappa shape index (κ3) is 4.52. The molecule has 32 heavy (non-hydrogen) atoms. The zero-order valence-corrected chi connectivity index (χ0v) is 19.2. The van der Waals surface area contributed by atoms with Crippen LogP contribution in [0.15, 0.2) is 30.5 Å². The highest BCUT2D eigenvalue weighted by atomic mass is 16.2. The minimum absolute atomic E-state index is 0.0504. The number of benzene rings is 1. The summed E-state index contributed by atoms with van der Waals surface area (Å²) in [6, 6.07) is 7.68. The van der Waals surface area contributed by atoms with Gasteiger partial charge in [-0.25, -0.2) is 9.67 Å². The number of hydrogen-bond acceptors (Lipinski definition) is 4. The number of carbonyl (C=O) groups is 2. The molecule has 7 nitrogen and oxygen atoms in total. The number of carbonyl (C=O) groups excluding carboxylic acids is 2. The van der Waals surface area contributed by atoms with Crippen LogP contribution in [-0.2, 0) is 0 Å².